The van der Waals surface area contributed by atoms with Crippen LogP contribution in [0.5, 0.6) is 0 Å². The highest BCUT2D eigenvalue weighted by Gasteiger charge is 2.25. The molecular formula is C14H23N3O. The molecule has 2 atom stereocenters. The van der Waals surface area contributed by atoms with Crippen LogP contribution in [-0.2, 0) is 11.3 Å². The molecule has 0 bridgehead atoms. The number of rotatable bonds is 6. The lowest BCUT2D eigenvalue weighted by Gasteiger charge is -2.23. The largest absolute Gasteiger partial charge is 0.372 e. The van der Waals surface area contributed by atoms with Gasteiger partial charge in [0, 0.05) is 25.8 Å². The van der Waals surface area contributed by atoms with E-state index in [9.17, 15) is 0 Å². The fourth-order valence-electron chi connectivity index (χ4n) is 2.40. The molecule has 0 aliphatic carbocycles. The van der Waals surface area contributed by atoms with Crippen LogP contribution in [0.1, 0.15) is 25.5 Å². The SMILES string of the molecule is CCN(Cc1ccccn1)CC1CCC(CN)O1. The molecule has 2 unspecified atom stereocenters. The first-order chi connectivity index (χ1) is 8.81. The van der Waals surface area contributed by atoms with Crippen LogP contribution in [0.4, 0.5) is 0 Å². The van der Waals surface area contributed by atoms with Crippen molar-refractivity contribution in [3.63, 3.8) is 0 Å². The van der Waals surface area contributed by atoms with Crippen molar-refractivity contribution in [1.82, 2.24) is 9.88 Å². The number of likely N-dealkylation sites (N-methyl/N-ethyl adjacent to an activating group) is 1. The summed E-state index contributed by atoms with van der Waals surface area (Å²) in [5, 5.41) is 0. The van der Waals surface area contributed by atoms with Crippen molar-refractivity contribution in [2.45, 2.75) is 38.5 Å². The molecular weight excluding hydrogens is 226 g/mol. The summed E-state index contributed by atoms with van der Waals surface area (Å²) >= 11 is 0. The Morgan fingerprint density at radius 1 is 1.39 bits per heavy atom. The van der Waals surface area contributed by atoms with E-state index in [4.69, 9.17) is 10.5 Å². The lowest BCUT2D eigenvalue weighted by molar-refractivity contribution is 0.0263. The van der Waals surface area contributed by atoms with Crippen LogP contribution >= 0.6 is 0 Å². The van der Waals surface area contributed by atoms with Crippen molar-refractivity contribution in [2.24, 2.45) is 5.73 Å². The Labute approximate surface area is 109 Å². The third kappa shape index (κ3) is 3.77. The molecule has 1 aliphatic rings. The molecule has 0 radical (unpaired) electrons. The topological polar surface area (TPSA) is 51.4 Å². The quantitative estimate of drug-likeness (QED) is 0.828. The first kappa shape index (κ1) is 13.5. The minimum Gasteiger partial charge on any atom is -0.372 e. The van der Waals surface area contributed by atoms with Crippen LogP contribution in [0, 0.1) is 0 Å². The molecule has 0 spiro atoms. The molecule has 2 N–H and O–H groups in total. The predicted molar refractivity (Wildman–Crippen MR) is 72.1 cm³/mol. The Kier molecular flexibility index (Phi) is 5.11. The molecule has 1 aromatic rings. The van der Waals surface area contributed by atoms with Crippen molar-refractivity contribution < 1.29 is 4.74 Å². The van der Waals surface area contributed by atoms with E-state index < -0.39 is 0 Å². The monoisotopic (exact) mass is 249 g/mol. The van der Waals surface area contributed by atoms with Crippen molar-refractivity contribution in [3.05, 3.63) is 30.1 Å². The van der Waals surface area contributed by atoms with Gasteiger partial charge in [-0.25, -0.2) is 0 Å². The van der Waals surface area contributed by atoms with Gasteiger partial charge in [0.15, 0.2) is 0 Å². The average molecular weight is 249 g/mol. The van der Waals surface area contributed by atoms with Crippen molar-refractivity contribution in [3.8, 4) is 0 Å². The first-order valence-electron chi connectivity index (χ1n) is 6.79. The number of hydrogen-bond acceptors (Lipinski definition) is 4. The van der Waals surface area contributed by atoms with Crippen LogP contribution in [-0.4, -0.2) is 41.7 Å². The second-order valence-electron chi connectivity index (χ2n) is 4.84. The van der Waals surface area contributed by atoms with Gasteiger partial charge in [0.25, 0.3) is 0 Å². The van der Waals surface area contributed by atoms with Crippen molar-refractivity contribution >= 4 is 0 Å². The van der Waals surface area contributed by atoms with Crippen molar-refractivity contribution in [2.75, 3.05) is 19.6 Å². The molecule has 1 aliphatic heterocycles. The van der Waals surface area contributed by atoms with Gasteiger partial charge >= 0.3 is 0 Å². The fourth-order valence-corrected chi connectivity index (χ4v) is 2.40. The Balaban J connectivity index is 1.83. The Morgan fingerprint density at radius 3 is 2.83 bits per heavy atom. The van der Waals surface area contributed by atoms with Crippen molar-refractivity contribution in [1.29, 1.82) is 0 Å². The molecule has 4 nitrogen and oxygen atoms in total. The first-order valence-corrected chi connectivity index (χ1v) is 6.79. The lowest BCUT2D eigenvalue weighted by Crippen LogP contribution is -2.33. The molecule has 0 amide bonds. The number of pyridine rings is 1. The fraction of sp³-hybridized carbons (Fsp3) is 0.643. The number of aromatic nitrogens is 1. The highest BCUT2D eigenvalue weighted by Crippen LogP contribution is 2.20. The summed E-state index contributed by atoms with van der Waals surface area (Å²) in [6, 6.07) is 6.05. The van der Waals surface area contributed by atoms with E-state index in [2.05, 4.69) is 22.9 Å². The minimum atomic E-state index is 0.267. The van der Waals surface area contributed by atoms with Crippen LogP contribution < -0.4 is 5.73 Å². The second kappa shape index (κ2) is 6.83. The zero-order valence-corrected chi connectivity index (χ0v) is 11.1. The van der Waals surface area contributed by atoms with E-state index in [1.165, 1.54) is 0 Å². The van der Waals surface area contributed by atoms with E-state index >= 15 is 0 Å². The van der Waals surface area contributed by atoms with Gasteiger partial charge in [-0.2, -0.15) is 0 Å². The standard InChI is InChI=1S/C14H23N3O/c1-2-17(10-12-5-3-4-8-16-12)11-14-7-6-13(9-15)18-14/h3-5,8,13-14H,2,6-7,9-11,15H2,1H3. The normalized spacial score (nSPS) is 23.7. The van der Waals surface area contributed by atoms with E-state index in [0.717, 1.165) is 38.2 Å². The predicted octanol–water partition coefficient (Wildman–Crippen LogP) is 1.41. The number of nitrogens with two attached hydrogens (primary N) is 1. The summed E-state index contributed by atoms with van der Waals surface area (Å²) in [7, 11) is 0. The van der Waals surface area contributed by atoms with Gasteiger partial charge in [-0.15, -0.1) is 0 Å². The van der Waals surface area contributed by atoms with Crippen LogP contribution in [0.25, 0.3) is 0 Å². The van der Waals surface area contributed by atoms with Gasteiger partial charge < -0.3 is 10.5 Å². The minimum absolute atomic E-state index is 0.267. The highest BCUT2D eigenvalue weighted by molar-refractivity contribution is 5.03. The van der Waals surface area contributed by atoms with Gasteiger partial charge in [-0.05, 0) is 31.5 Å². The third-order valence-electron chi connectivity index (χ3n) is 3.48. The summed E-state index contributed by atoms with van der Waals surface area (Å²) in [5.41, 5.74) is 6.75. The molecule has 1 saturated heterocycles. The van der Waals surface area contributed by atoms with E-state index in [0.29, 0.717) is 12.6 Å². The maximum absolute atomic E-state index is 5.89. The molecule has 2 rings (SSSR count). The summed E-state index contributed by atoms with van der Waals surface area (Å²) in [5.74, 6) is 0. The summed E-state index contributed by atoms with van der Waals surface area (Å²) in [6.07, 6.45) is 4.67. The maximum atomic E-state index is 5.89. The van der Waals surface area contributed by atoms with Gasteiger partial charge in [-0.3, -0.25) is 9.88 Å². The average Bonchev–Trinajstić information content (AvgIpc) is 2.87. The summed E-state index contributed by atoms with van der Waals surface area (Å²) in [6.45, 7) is 5.71. The zero-order valence-electron chi connectivity index (χ0n) is 11.1. The Bertz CT molecular complexity index is 344. The molecule has 18 heavy (non-hydrogen) atoms. The van der Waals surface area contributed by atoms with Gasteiger partial charge in [0.05, 0.1) is 17.9 Å². The van der Waals surface area contributed by atoms with Gasteiger partial charge in [-0.1, -0.05) is 13.0 Å². The molecule has 1 fully saturated rings. The maximum Gasteiger partial charge on any atom is 0.0707 e. The smallest absolute Gasteiger partial charge is 0.0707 e. The zero-order chi connectivity index (χ0) is 12.8. The molecule has 100 valence electrons. The molecule has 1 aromatic heterocycles. The van der Waals surface area contributed by atoms with Gasteiger partial charge in [0.2, 0.25) is 0 Å². The van der Waals surface area contributed by atoms with Crippen LogP contribution in [0.15, 0.2) is 24.4 Å². The van der Waals surface area contributed by atoms with E-state index in [1.807, 2.05) is 18.3 Å². The number of ether oxygens (including phenoxy) is 1. The lowest BCUT2D eigenvalue weighted by atomic mass is 10.2. The molecule has 0 saturated carbocycles. The van der Waals surface area contributed by atoms with Crippen LogP contribution in [0.3, 0.4) is 0 Å². The molecule has 4 heteroatoms. The Hall–Kier alpha value is -0.970. The van der Waals surface area contributed by atoms with E-state index in [1.54, 1.807) is 0 Å². The van der Waals surface area contributed by atoms with Gasteiger partial charge in [0.1, 0.15) is 0 Å². The third-order valence-corrected chi connectivity index (χ3v) is 3.48. The molecule has 0 aromatic carbocycles. The summed E-state index contributed by atoms with van der Waals surface area (Å²) < 4.78 is 5.89. The van der Waals surface area contributed by atoms with E-state index in [-0.39, 0.29) is 6.10 Å². The highest BCUT2D eigenvalue weighted by atomic mass is 16.5. The Morgan fingerprint density at radius 2 is 2.22 bits per heavy atom. The second-order valence-corrected chi connectivity index (χ2v) is 4.84. The molecule has 2 heterocycles. The number of nitrogens with zero attached hydrogens (tertiary/aromatic N) is 2. The summed E-state index contributed by atoms with van der Waals surface area (Å²) in [4.78, 5) is 6.75. The number of hydrogen-bond donors (Lipinski definition) is 1. The van der Waals surface area contributed by atoms with Crippen LogP contribution in [0.2, 0.25) is 0 Å².